The molecule has 25 heavy (non-hydrogen) atoms. The fourth-order valence-corrected chi connectivity index (χ4v) is 4.78. The normalized spacial score (nSPS) is 15.7. The van der Waals surface area contributed by atoms with Gasteiger partial charge >= 0.3 is 5.97 Å². The Balaban J connectivity index is 1.37. The molecule has 2 aromatic rings. The molecule has 7 heteroatoms. The summed E-state index contributed by atoms with van der Waals surface area (Å²) < 4.78 is 7.01. The zero-order valence-corrected chi connectivity index (χ0v) is 15.7. The van der Waals surface area contributed by atoms with Crippen molar-refractivity contribution in [2.75, 3.05) is 12.4 Å². The number of benzene rings is 1. The highest BCUT2D eigenvalue weighted by Crippen LogP contribution is 2.29. The van der Waals surface area contributed by atoms with E-state index in [0.717, 1.165) is 40.2 Å². The molecule has 134 valence electrons. The lowest BCUT2D eigenvalue weighted by molar-refractivity contribution is -0.146. The highest BCUT2D eigenvalue weighted by Gasteiger charge is 2.16. The molecule has 0 aliphatic heterocycles. The second-order valence-corrected chi connectivity index (χ2v) is 8.41. The summed E-state index contributed by atoms with van der Waals surface area (Å²) in [5, 5.41) is 2.97. The van der Waals surface area contributed by atoms with Crippen LogP contribution in [0.2, 0.25) is 0 Å². The molecule has 1 aliphatic carbocycles. The molecule has 5 nitrogen and oxygen atoms in total. The molecular weight excluding hydrogens is 356 g/mol. The van der Waals surface area contributed by atoms with Gasteiger partial charge in [0.2, 0.25) is 0 Å². The highest BCUT2D eigenvalue weighted by molar-refractivity contribution is 8.01. The van der Waals surface area contributed by atoms with Crippen LogP contribution in [-0.2, 0) is 14.3 Å². The van der Waals surface area contributed by atoms with Gasteiger partial charge in [0.05, 0.1) is 16.0 Å². The largest absolute Gasteiger partial charge is 0.455 e. The molecule has 0 atom stereocenters. The van der Waals surface area contributed by atoms with Crippen LogP contribution >= 0.6 is 23.1 Å². The van der Waals surface area contributed by atoms with Crippen molar-refractivity contribution in [2.45, 2.75) is 48.9 Å². The lowest BCUT2D eigenvalue weighted by atomic mass is 10.1. The number of thioether (sulfide) groups is 1. The van der Waals surface area contributed by atoms with Crippen molar-refractivity contribution in [3.8, 4) is 0 Å². The predicted molar refractivity (Wildman–Crippen MR) is 101 cm³/mol. The van der Waals surface area contributed by atoms with Gasteiger partial charge in [-0.3, -0.25) is 9.59 Å². The third-order valence-electron chi connectivity index (χ3n) is 4.17. The molecular formula is C18H22N2O3S2. The van der Waals surface area contributed by atoms with E-state index in [1.54, 1.807) is 11.3 Å². The number of esters is 1. The smallest absolute Gasteiger partial charge is 0.316 e. The Hall–Kier alpha value is -1.60. The second kappa shape index (κ2) is 9.20. The Kier molecular flexibility index (Phi) is 6.69. The number of carbonyl (C=O) groups excluding carboxylic acids is 2. The standard InChI is InChI=1S/C18H22N2O3S2/c21-16(19-13-7-3-1-2-4-8-13)11-23-17(22)12-24-18-20-14-9-5-6-10-15(14)25-18/h5-6,9-10,13H,1-4,7-8,11-12H2,(H,19,21). The van der Waals surface area contributed by atoms with Crippen molar-refractivity contribution in [2.24, 2.45) is 0 Å². The van der Waals surface area contributed by atoms with Crippen LogP contribution in [0.5, 0.6) is 0 Å². The van der Waals surface area contributed by atoms with Gasteiger partial charge in [0.15, 0.2) is 10.9 Å². The molecule has 0 radical (unpaired) electrons. The Bertz CT molecular complexity index is 691. The average molecular weight is 379 g/mol. The highest BCUT2D eigenvalue weighted by atomic mass is 32.2. The summed E-state index contributed by atoms with van der Waals surface area (Å²) >= 11 is 2.90. The van der Waals surface area contributed by atoms with Gasteiger partial charge in [-0.25, -0.2) is 4.98 Å². The molecule has 0 unspecified atom stereocenters. The Morgan fingerprint density at radius 2 is 1.96 bits per heavy atom. The topological polar surface area (TPSA) is 68.3 Å². The minimum absolute atomic E-state index is 0.163. The summed E-state index contributed by atoms with van der Waals surface area (Å²) in [6.07, 6.45) is 6.84. The minimum atomic E-state index is -0.389. The molecule has 0 saturated heterocycles. The second-order valence-electron chi connectivity index (χ2n) is 6.15. The molecule has 0 spiro atoms. The molecule has 1 aromatic heterocycles. The van der Waals surface area contributed by atoms with Crippen LogP contribution in [0.15, 0.2) is 28.6 Å². The summed E-state index contributed by atoms with van der Waals surface area (Å²) in [7, 11) is 0. The van der Waals surface area contributed by atoms with Crippen LogP contribution in [0.4, 0.5) is 0 Å². The number of rotatable bonds is 6. The predicted octanol–water partition coefficient (Wildman–Crippen LogP) is 3.77. The number of para-hydroxylation sites is 1. The molecule has 0 bridgehead atoms. The van der Waals surface area contributed by atoms with E-state index in [-0.39, 0.29) is 30.3 Å². The summed E-state index contributed by atoms with van der Waals surface area (Å²) in [6.45, 7) is -0.199. The van der Waals surface area contributed by atoms with E-state index in [1.165, 1.54) is 24.6 Å². The number of hydrogen-bond acceptors (Lipinski definition) is 6. The zero-order chi connectivity index (χ0) is 17.5. The van der Waals surface area contributed by atoms with Crippen LogP contribution in [0, 0.1) is 0 Å². The molecule has 3 rings (SSSR count). The Morgan fingerprint density at radius 3 is 2.72 bits per heavy atom. The molecule has 1 aliphatic rings. The van der Waals surface area contributed by atoms with Crippen molar-refractivity contribution < 1.29 is 14.3 Å². The molecule has 1 aromatic carbocycles. The maximum absolute atomic E-state index is 11.9. The third-order valence-corrected chi connectivity index (χ3v) is 6.33. The quantitative estimate of drug-likeness (QED) is 0.471. The number of carbonyl (C=O) groups is 2. The summed E-state index contributed by atoms with van der Waals surface area (Å²) in [6, 6.07) is 8.10. The van der Waals surface area contributed by atoms with E-state index >= 15 is 0 Å². The molecule has 1 saturated carbocycles. The first-order chi connectivity index (χ1) is 12.2. The van der Waals surface area contributed by atoms with E-state index in [4.69, 9.17) is 4.74 Å². The maximum atomic E-state index is 11.9. The van der Waals surface area contributed by atoms with Crippen molar-refractivity contribution in [1.29, 1.82) is 0 Å². The van der Waals surface area contributed by atoms with Gasteiger partial charge < -0.3 is 10.1 Å². The monoisotopic (exact) mass is 378 g/mol. The number of aromatic nitrogens is 1. The van der Waals surface area contributed by atoms with Crippen LogP contribution in [0.25, 0.3) is 10.2 Å². The van der Waals surface area contributed by atoms with Gasteiger partial charge in [-0.15, -0.1) is 11.3 Å². The lowest BCUT2D eigenvalue weighted by Gasteiger charge is -2.16. The van der Waals surface area contributed by atoms with E-state index in [1.807, 2.05) is 24.3 Å². The molecule has 1 amide bonds. The molecule has 1 N–H and O–H groups in total. The summed E-state index contributed by atoms with van der Waals surface area (Å²) in [5.74, 6) is -0.429. The van der Waals surface area contributed by atoms with Gasteiger partial charge in [0, 0.05) is 6.04 Å². The first-order valence-electron chi connectivity index (χ1n) is 8.64. The van der Waals surface area contributed by atoms with Gasteiger partial charge in [0.1, 0.15) is 0 Å². The Labute approximate surface area is 155 Å². The lowest BCUT2D eigenvalue weighted by Crippen LogP contribution is -2.37. The van der Waals surface area contributed by atoms with Gasteiger partial charge in [-0.2, -0.15) is 0 Å². The zero-order valence-electron chi connectivity index (χ0n) is 14.0. The van der Waals surface area contributed by atoms with Crippen LogP contribution in [-0.4, -0.2) is 35.3 Å². The summed E-state index contributed by atoms with van der Waals surface area (Å²) in [5.41, 5.74) is 0.936. The summed E-state index contributed by atoms with van der Waals surface area (Å²) in [4.78, 5) is 28.2. The van der Waals surface area contributed by atoms with Gasteiger partial charge in [-0.1, -0.05) is 49.6 Å². The fraction of sp³-hybridized carbons (Fsp3) is 0.500. The van der Waals surface area contributed by atoms with Gasteiger partial charge in [-0.05, 0) is 25.0 Å². The van der Waals surface area contributed by atoms with Crippen LogP contribution in [0.3, 0.4) is 0 Å². The minimum Gasteiger partial charge on any atom is -0.455 e. The third kappa shape index (κ3) is 5.71. The van der Waals surface area contributed by atoms with Crippen LogP contribution < -0.4 is 5.32 Å². The van der Waals surface area contributed by atoms with E-state index < -0.39 is 0 Å². The average Bonchev–Trinajstić information content (AvgIpc) is 2.86. The molecule has 1 fully saturated rings. The number of ether oxygens (including phenoxy) is 1. The fourth-order valence-electron chi connectivity index (χ4n) is 2.91. The number of amides is 1. The van der Waals surface area contributed by atoms with Crippen LogP contribution in [0.1, 0.15) is 38.5 Å². The van der Waals surface area contributed by atoms with Gasteiger partial charge in [0.25, 0.3) is 5.91 Å². The SMILES string of the molecule is O=C(COC(=O)CSc1nc2ccccc2s1)NC1CCCCCC1. The Morgan fingerprint density at radius 1 is 1.20 bits per heavy atom. The number of thiazole rings is 1. The number of fused-ring (bicyclic) bond motifs is 1. The van der Waals surface area contributed by atoms with Crippen molar-refractivity contribution in [1.82, 2.24) is 10.3 Å². The van der Waals surface area contributed by atoms with Crippen molar-refractivity contribution >= 4 is 45.2 Å². The van der Waals surface area contributed by atoms with E-state index in [9.17, 15) is 9.59 Å². The first-order valence-corrected chi connectivity index (χ1v) is 10.4. The maximum Gasteiger partial charge on any atom is 0.316 e. The van der Waals surface area contributed by atoms with E-state index in [2.05, 4.69) is 10.3 Å². The molecule has 1 heterocycles. The van der Waals surface area contributed by atoms with Crippen molar-refractivity contribution in [3.63, 3.8) is 0 Å². The van der Waals surface area contributed by atoms with Crippen molar-refractivity contribution in [3.05, 3.63) is 24.3 Å². The number of nitrogens with zero attached hydrogens (tertiary/aromatic N) is 1. The first kappa shape index (κ1) is 18.2. The number of hydrogen-bond donors (Lipinski definition) is 1. The number of nitrogens with one attached hydrogen (secondary N) is 1. The van der Waals surface area contributed by atoms with E-state index in [0.29, 0.717) is 0 Å².